The fraction of sp³-hybridized carbons (Fsp3) is 0.294. The third-order valence-electron chi connectivity index (χ3n) is 3.62. The molecule has 2 rings (SSSR count). The molecule has 0 saturated heterocycles. The molecule has 1 aromatic carbocycles. The number of rotatable bonds is 4. The van der Waals surface area contributed by atoms with Gasteiger partial charge in [0.2, 0.25) is 0 Å². The molecule has 0 spiro atoms. The van der Waals surface area contributed by atoms with Crippen molar-refractivity contribution in [2.75, 3.05) is 19.3 Å². The number of nitrogen functional groups attached to an aromatic ring is 1. The van der Waals surface area contributed by atoms with E-state index in [0.717, 1.165) is 23.2 Å². The molecule has 0 unspecified atom stereocenters. The minimum absolute atomic E-state index is 0.00451. The molecule has 21 heavy (non-hydrogen) atoms. The maximum atomic E-state index is 12.5. The zero-order chi connectivity index (χ0) is 15.4. The molecule has 0 atom stereocenters. The molecule has 4 nitrogen and oxygen atoms in total. The molecule has 2 aromatic rings. The van der Waals surface area contributed by atoms with E-state index in [1.165, 1.54) is 0 Å². The number of aromatic nitrogens is 1. The van der Waals surface area contributed by atoms with E-state index in [1.807, 2.05) is 38.1 Å². The lowest BCUT2D eigenvalue weighted by Gasteiger charge is -2.19. The van der Waals surface area contributed by atoms with Crippen LogP contribution in [0.2, 0.25) is 0 Å². The van der Waals surface area contributed by atoms with E-state index >= 15 is 0 Å². The molecule has 110 valence electrons. The first-order valence-corrected chi connectivity index (χ1v) is 7.01. The largest absolute Gasteiger partial charge is 0.398 e. The number of pyridine rings is 1. The van der Waals surface area contributed by atoms with Gasteiger partial charge in [-0.25, -0.2) is 0 Å². The van der Waals surface area contributed by atoms with Gasteiger partial charge >= 0.3 is 0 Å². The topological polar surface area (TPSA) is 59.2 Å². The van der Waals surface area contributed by atoms with Crippen molar-refractivity contribution < 1.29 is 4.79 Å². The highest BCUT2D eigenvalue weighted by molar-refractivity contribution is 5.96. The molecule has 0 aliphatic carbocycles. The van der Waals surface area contributed by atoms with Crippen molar-refractivity contribution in [3.05, 3.63) is 58.9 Å². The fourth-order valence-corrected chi connectivity index (χ4v) is 2.23. The summed E-state index contributed by atoms with van der Waals surface area (Å²) in [5.74, 6) is -0.00451. The van der Waals surface area contributed by atoms with Gasteiger partial charge in [0.1, 0.15) is 0 Å². The van der Waals surface area contributed by atoms with Gasteiger partial charge in [-0.3, -0.25) is 9.78 Å². The van der Waals surface area contributed by atoms with Crippen LogP contribution in [0, 0.1) is 13.8 Å². The lowest BCUT2D eigenvalue weighted by molar-refractivity contribution is 0.0795. The summed E-state index contributed by atoms with van der Waals surface area (Å²) in [6.07, 6.45) is 2.51. The summed E-state index contributed by atoms with van der Waals surface area (Å²) in [6.45, 7) is 4.51. The Morgan fingerprint density at radius 2 is 2.00 bits per heavy atom. The number of carbonyl (C=O) groups is 1. The van der Waals surface area contributed by atoms with Crippen LogP contribution in [-0.4, -0.2) is 29.4 Å². The smallest absolute Gasteiger partial charge is 0.253 e. The summed E-state index contributed by atoms with van der Waals surface area (Å²) in [5.41, 5.74) is 10.2. The van der Waals surface area contributed by atoms with Crippen LogP contribution >= 0.6 is 0 Å². The molecule has 1 amide bonds. The first-order chi connectivity index (χ1) is 9.99. The molecule has 0 saturated carbocycles. The summed E-state index contributed by atoms with van der Waals surface area (Å²) < 4.78 is 0. The van der Waals surface area contributed by atoms with Crippen LogP contribution < -0.4 is 5.73 Å². The number of hydrogen-bond donors (Lipinski definition) is 1. The molecule has 1 heterocycles. The van der Waals surface area contributed by atoms with E-state index in [2.05, 4.69) is 4.98 Å². The summed E-state index contributed by atoms with van der Waals surface area (Å²) in [4.78, 5) is 18.5. The minimum Gasteiger partial charge on any atom is -0.398 e. The molecular weight excluding hydrogens is 262 g/mol. The first kappa shape index (κ1) is 15.0. The monoisotopic (exact) mass is 283 g/mol. The van der Waals surface area contributed by atoms with Gasteiger partial charge in [-0.1, -0.05) is 12.1 Å². The van der Waals surface area contributed by atoms with Crippen LogP contribution in [-0.2, 0) is 6.42 Å². The van der Waals surface area contributed by atoms with Gasteiger partial charge in [0.05, 0.1) is 0 Å². The zero-order valence-electron chi connectivity index (χ0n) is 12.8. The Balaban J connectivity index is 2.07. The highest BCUT2D eigenvalue weighted by atomic mass is 16.2. The Morgan fingerprint density at radius 1 is 1.24 bits per heavy atom. The second kappa shape index (κ2) is 6.39. The van der Waals surface area contributed by atoms with Crippen molar-refractivity contribution in [2.24, 2.45) is 0 Å². The van der Waals surface area contributed by atoms with E-state index in [1.54, 1.807) is 24.2 Å². The Bertz CT molecular complexity index is 638. The Hall–Kier alpha value is -2.36. The molecule has 0 aliphatic heterocycles. The number of hydrogen-bond acceptors (Lipinski definition) is 3. The van der Waals surface area contributed by atoms with E-state index in [0.29, 0.717) is 17.8 Å². The highest BCUT2D eigenvalue weighted by Crippen LogP contribution is 2.19. The number of aryl methyl sites for hydroxylation is 2. The maximum absolute atomic E-state index is 12.5. The quantitative estimate of drug-likeness (QED) is 0.877. The van der Waals surface area contributed by atoms with Gasteiger partial charge in [0.25, 0.3) is 5.91 Å². The Labute approximate surface area is 125 Å². The van der Waals surface area contributed by atoms with E-state index < -0.39 is 0 Å². The van der Waals surface area contributed by atoms with E-state index in [4.69, 9.17) is 5.73 Å². The normalized spacial score (nSPS) is 10.4. The SMILES string of the molecule is Cc1cc(C)c(C(=O)N(C)CCc2ccccn2)cc1N. The molecular formula is C17H21N3O. The van der Waals surface area contributed by atoms with Gasteiger partial charge in [-0.05, 0) is 43.2 Å². The summed E-state index contributed by atoms with van der Waals surface area (Å²) in [6, 6.07) is 9.53. The predicted molar refractivity (Wildman–Crippen MR) is 85.2 cm³/mol. The van der Waals surface area contributed by atoms with Crippen molar-refractivity contribution in [1.82, 2.24) is 9.88 Å². The molecule has 0 aliphatic rings. The molecule has 0 radical (unpaired) electrons. The van der Waals surface area contributed by atoms with E-state index in [9.17, 15) is 4.79 Å². The van der Waals surface area contributed by atoms with Gasteiger partial charge in [-0.15, -0.1) is 0 Å². The third kappa shape index (κ3) is 3.60. The zero-order valence-corrected chi connectivity index (χ0v) is 12.8. The molecule has 4 heteroatoms. The minimum atomic E-state index is -0.00451. The van der Waals surface area contributed by atoms with Crippen molar-refractivity contribution in [2.45, 2.75) is 20.3 Å². The van der Waals surface area contributed by atoms with Crippen LogP contribution in [0.5, 0.6) is 0 Å². The number of carbonyl (C=O) groups excluding carboxylic acids is 1. The van der Waals surface area contributed by atoms with Crippen LogP contribution in [0.1, 0.15) is 27.2 Å². The number of anilines is 1. The molecule has 0 fully saturated rings. The van der Waals surface area contributed by atoms with Gasteiger partial charge in [0, 0.05) is 43.2 Å². The summed E-state index contributed by atoms with van der Waals surface area (Å²) >= 11 is 0. The van der Waals surface area contributed by atoms with Crippen LogP contribution in [0.25, 0.3) is 0 Å². The lowest BCUT2D eigenvalue weighted by atomic mass is 10.0. The van der Waals surface area contributed by atoms with Crippen molar-refractivity contribution >= 4 is 11.6 Å². The third-order valence-corrected chi connectivity index (χ3v) is 3.62. The van der Waals surface area contributed by atoms with Gasteiger partial charge in [0.15, 0.2) is 0 Å². The van der Waals surface area contributed by atoms with Crippen molar-refractivity contribution in [3.63, 3.8) is 0 Å². The Kier molecular flexibility index (Phi) is 4.58. The fourth-order valence-electron chi connectivity index (χ4n) is 2.23. The molecule has 2 N–H and O–H groups in total. The number of nitrogens with zero attached hydrogens (tertiary/aromatic N) is 2. The number of benzene rings is 1. The lowest BCUT2D eigenvalue weighted by Crippen LogP contribution is -2.29. The second-order valence-electron chi connectivity index (χ2n) is 5.32. The first-order valence-electron chi connectivity index (χ1n) is 7.01. The van der Waals surface area contributed by atoms with Crippen LogP contribution in [0.4, 0.5) is 5.69 Å². The summed E-state index contributed by atoms with van der Waals surface area (Å²) in [7, 11) is 1.81. The summed E-state index contributed by atoms with van der Waals surface area (Å²) in [5, 5.41) is 0. The van der Waals surface area contributed by atoms with Crippen molar-refractivity contribution in [3.8, 4) is 0 Å². The average Bonchev–Trinajstić information content (AvgIpc) is 2.49. The molecule has 0 bridgehead atoms. The predicted octanol–water partition coefficient (Wildman–Crippen LogP) is 2.60. The standard InChI is InChI=1S/C17H21N3O/c1-12-10-13(2)16(18)11-15(12)17(21)20(3)9-7-14-6-4-5-8-19-14/h4-6,8,10-11H,7,9,18H2,1-3H3. The Morgan fingerprint density at radius 3 is 2.67 bits per heavy atom. The number of likely N-dealkylation sites (N-methyl/N-ethyl adjacent to an activating group) is 1. The van der Waals surface area contributed by atoms with Gasteiger partial charge in [-0.2, -0.15) is 0 Å². The highest BCUT2D eigenvalue weighted by Gasteiger charge is 2.15. The second-order valence-corrected chi connectivity index (χ2v) is 5.32. The molecule has 1 aromatic heterocycles. The van der Waals surface area contributed by atoms with Crippen LogP contribution in [0.15, 0.2) is 36.5 Å². The number of nitrogens with two attached hydrogens (primary N) is 1. The van der Waals surface area contributed by atoms with E-state index in [-0.39, 0.29) is 5.91 Å². The van der Waals surface area contributed by atoms with Crippen molar-refractivity contribution in [1.29, 1.82) is 0 Å². The average molecular weight is 283 g/mol. The number of amides is 1. The van der Waals surface area contributed by atoms with Gasteiger partial charge < -0.3 is 10.6 Å². The maximum Gasteiger partial charge on any atom is 0.253 e. The van der Waals surface area contributed by atoms with Crippen LogP contribution in [0.3, 0.4) is 0 Å².